The highest BCUT2D eigenvalue weighted by Gasteiger charge is 2.18. The molecule has 6 aromatic rings. The smallest absolute Gasteiger partial charge is 0.192 e. The van der Waals surface area contributed by atoms with E-state index in [1.165, 1.54) is 0 Å². The van der Waals surface area contributed by atoms with Crippen LogP contribution in [-0.2, 0) is 0 Å². The third-order valence-electron chi connectivity index (χ3n) is 4.98. The number of methoxy groups -OCH3 is 1. The number of fused-ring (bicyclic) bond motifs is 6. The average Bonchev–Trinajstić information content (AvgIpc) is 3.52. The van der Waals surface area contributed by atoms with Crippen LogP contribution in [0.1, 0.15) is 0 Å². The zero-order chi connectivity index (χ0) is 19.4. The van der Waals surface area contributed by atoms with Gasteiger partial charge in [-0.1, -0.05) is 17.3 Å². The predicted octanol–water partition coefficient (Wildman–Crippen LogP) is 2.79. The Hall–Kier alpha value is -4.27. The second-order valence-corrected chi connectivity index (χ2v) is 6.57. The molecule has 0 spiro atoms. The Kier molecular flexibility index (Phi) is 3.19. The van der Waals surface area contributed by atoms with Crippen molar-refractivity contribution in [3.63, 3.8) is 0 Å². The highest BCUT2D eigenvalue weighted by molar-refractivity contribution is 5.94. The quantitative estimate of drug-likeness (QED) is 0.468. The maximum atomic E-state index is 5.21. The van der Waals surface area contributed by atoms with Gasteiger partial charge in [-0.05, 0) is 36.4 Å². The first-order valence-electron chi connectivity index (χ1n) is 8.98. The van der Waals surface area contributed by atoms with Crippen molar-refractivity contribution in [1.82, 2.24) is 39.0 Å². The summed E-state index contributed by atoms with van der Waals surface area (Å²) >= 11 is 0. The molecular weight excluding hydrogens is 368 g/mol. The van der Waals surface area contributed by atoms with Crippen LogP contribution in [0.15, 0.2) is 67.3 Å². The Balaban J connectivity index is 1.56. The lowest BCUT2D eigenvalue weighted by Crippen LogP contribution is -1.98. The van der Waals surface area contributed by atoms with E-state index >= 15 is 0 Å². The summed E-state index contributed by atoms with van der Waals surface area (Å²) in [6.07, 6.45) is 5.41. The van der Waals surface area contributed by atoms with E-state index in [2.05, 4.69) is 25.5 Å². The number of aromatic nitrogens is 8. The topological polar surface area (TPSA) is 87.4 Å². The summed E-state index contributed by atoms with van der Waals surface area (Å²) in [6.45, 7) is 0. The highest BCUT2D eigenvalue weighted by atomic mass is 16.5. The Morgan fingerprint density at radius 1 is 0.931 bits per heavy atom. The first-order chi connectivity index (χ1) is 14.3. The molecule has 0 saturated carbocycles. The Bertz CT molecular complexity index is 1490. The monoisotopic (exact) mass is 382 g/mol. The minimum absolute atomic E-state index is 0.607. The van der Waals surface area contributed by atoms with Gasteiger partial charge < -0.3 is 4.74 Å². The molecule has 2 aromatic carbocycles. The van der Waals surface area contributed by atoms with Gasteiger partial charge in [0.15, 0.2) is 17.2 Å². The molecule has 0 amide bonds. The number of para-hydroxylation sites is 1. The number of rotatable bonds is 3. The molecule has 0 aliphatic heterocycles. The van der Waals surface area contributed by atoms with E-state index in [9.17, 15) is 0 Å². The molecule has 0 N–H and O–H groups in total. The van der Waals surface area contributed by atoms with Crippen LogP contribution in [0.2, 0.25) is 0 Å². The van der Waals surface area contributed by atoms with E-state index in [4.69, 9.17) is 4.74 Å². The number of imidazole rings is 1. The lowest BCUT2D eigenvalue weighted by atomic mass is 10.2. The number of benzene rings is 2. The van der Waals surface area contributed by atoms with E-state index in [-0.39, 0.29) is 0 Å². The third kappa shape index (κ3) is 2.24. The van der Waals surface area contributed by atoms with Crippen LogP contribution < -0.4 is 4.74 Å². The van der Waals surface area contributed by atoms with Crippen molar-refractivity contribution < 1.29 is 4.74 Å². The normalized spacial score (nSPS) is 11.6. The summed E-state index contributed by atoms with van der Waals surface area (Å²) < 4.78 is 10.9. The van der Waals surface area contributed by atoms with Crippen molar-refractivity contribution in [3.05, 3.63) is 67.3 Å². The second kappa shape index (κ2) is 5.86. The van der Waals surface area contributed by atoms with Gasteiger partial charge in [0.25, 0.3) is 0 Å². The Morgan fingerprint density at radius 2 is 1.79 bits per heavy atom. The summed E-state index contributed by atoms with van der Waals surface area (Å²) in [5.41, 5.74) is 4.12. The van der Waals surface area contributed by atoms with Crippen LogP contribution in [0, 0.1) is 0 Å². The van der Waals surface area contributed by atoms with Gasteiger partial charge in [-0.25, -0.2) is 9.67 Å². The molecule has 9 nitrogen and oxygen atoms in total. The Morgan fingerprint density at radius 3 is 2.66 bits per heavy atom. The lowest BCUT2D eigenvalue weighted by Gasteiger charge is -2.06. The molecule has 0 radical (unpaired) electrons. The molecule has 0 atom stereocenters. The van der Waals surface area contributed by atoms with Crippen molar-refractivity contribution in [2.45, 2.75) is 0 Å². The van der Waals surface area contributed by atoms with Crippen molar-refractivity contribution in [1.29, 1.82) is 0 Å². The van der Waals surface area contributed by atoms with Gasteiger partial charge in [0.2, 0.25) is 0 Å². The van der Waals surface area contributed by atoms with Crippen LogP contribution in [0.4, 0.5) is 0 Å². The van der Waals surface area contributed by atoms with Gasteiger partial charge in [0.1, 0.15) is 17.7 Å². The van der Waals surface area contributed by atoms with Gasteiger partial charge in [-0.2, -0.15) is 0 Å². The van der Waals surface area contributed by atoms with Crippen molar-refractivity contribution >= 4 is 22.2 Å². The van der Waals surface area contributed by atoms with E-state index in [1.54, 1.807) is 24.3 Å². The number of ether oxygens (including phenoxy) is 1. The van der Waals surface area contributed by atoms with Crippen LogP contribution in [0.5, 0.6) is 5.75 Å². The molecule has 4 heterocycles. The fourth-order valence-corrected chi connectivity index (χ4v) is 3.58. The summed E-state index contributed by atoms with van der Waals surface area (Å²) in [6, 6.07) is 15.6. The standard InChI is InChI=1S/C20H14N8O/c1-29-14-8-6-13(7-9-14)27-11-16(22-25-27)20-24-23-19-15-4-2-3-5-17(15)26-12-21-10-18(26)28(19)20/h2-12H,1H3. The minimum Gasteiger partial charge on any atom is -0.497 e. The van der Waals surface area contributed by atoms with Gasteiger partial charge in [-0.15, -0.1) is 15.3 Å². The largest absolute Gasteiger partial charge is 0.497 e. The fourth-order valence-electron chi connectivity index (χ4n) is 3.58. The third-order valence-corrected chi connectivity index (χ3v) is 4.98. The SMILES string of the molecule is COc1ccc(-n2cc(-c3nnc4c5ccccc5n5cncc5n34)nn2)cc1. The zero-order valence-corrected chi connectivity index (χ0v) is 15.3. The van der Waals surface area contributed by atoms with Crippen LogP contribution in [0.3, 0.4) is 0 Å². The van der Waals surface area contributed by atoms with Crippen LogP contribution in [-0.4, -0.2) is 46.1 Å². The predicted molar refractivity (Wildman–Crippen MR) is 106 cm³/mol. The second-order valence-electron chi connectivity index (χ2n) is 6.57. The molecular formula is C20H14N8O. The van der Waals surface area contributed by atoms with Crippen molar-refractivity contribution in [2.24, 2.45) is 0 Å². The van der Waals surface area contributed by atoms with E-state index in [0.29, 0.717) is 11.5 Å². The average molecular weight is 382 g/mol. The summed E-state index contributed by atoms with van der Waals surface area (Å²) in [5, 5.41) is 18.4. The molecule has 4 aromatic heterocycles. The molecule has 0 aliphatic rings. The lowest BCUT2D eigenvalue weighted by molar-refractivity contribution is 0.414. The van der Waals surface area contributed by atoms with Gasteiger partial charge in [0.05, 0.1) is 30.7 Å². The van der Waals surface area contributed by atoms with Crippen LogP contribution in [0.25, 0.3) is 39.4 Å². The zero-order valence-electron chi connectivity index (χ0n) is 15.3. The van der Waals surface area contributed by atoms with Crippen LogP contribution >= 0.6 is 0 Å². The number of hydrogen-bond acceptors (Lipinski definition) is 6. The van der Waals surface area contributed by atoms with Gasteiger partial charge >= 0.3 is 0 Å². The Labute approximate surface area is 163 Å². The van der Waals surface area contributed by atoms with Crippen molar-refractivity contribution in [3.8, 4) is 23.0 Å². The molecule has 0 saturated heterocycles. The molecule has 6 rings (SSSR count). The first kappa shape index (κ1) is 15.8. The summed E-state index contributed by atoms with van der Waals surface area (Å²) in [7, 11) is 1.64. The molecule has 0 fully saturated rings. The highest BCUT2D eigenvalue weighted by Crippen LogP contribution is 2.26. The fraction of sp³-hybridized carbons (Fsp3) is 0.0500. The van der Waals surface area contributed by atoms with Gasteiger partial charge in [-0.3, -0.25) is 8.80 Å². The minimum atomic E-state index is 0.607. The van der Waals surface area contributed by atoms with Crippen molar-refractivity contribution in [2.75, 3.05) is 7.11 Å². The maximum Gasteiger partial charge on any atom is 0.192 e. The molecule has 29 heavy (non-hydrogen) atoms. The molecule has 140 valence electrons. The maximum absolute atomic E-state index is 5.21. The summed E-state index contributed by atoms with van der Waals surface area (Å²) in [5.74, 6) is 1.39. The van der Waals surface area contributed by atoms with E-state index in [0.717, 1.165) is 33.6 Å². The van der Waals surface area contributed by atoms with Gasteiger partial charge in [0, 0.05) is 5.39 Å². The number of nitrogens with zero attached hydrogens (tertiary/aromatic N) is 8. The molecule has 0 unspecified atom stereocenters. The molecule has 9 heteroatoms. The number of hydrogen-bond donors (Lipinski definition) is 0. The molecule has 0 aliphatic carbocycles. The summed E-state index contributed by atoms with van der Waals surface area (Å²) in [4.78, 5) is 4.32. The van der Waals surface area contributed by atoms with E-state index in [1.807, 2.05) is 63.5 Å². The molecule has 0 bridgehead atoms. The van der Waals surface area contributed by atoms with E-state index < -0.39 is 0 Å². The first-order valence-corrected chi connectivity index (χ1v) is 8.98.